The van der Waals surface area contributed by atoms with Crippen LogP contribution in [0.5, 0.6) is 0 Å². The van der Waals surface area contributed by atoms with Crippen molar-refractivity contribution >= 4 is 28.7 Å². The van der Waals surface area contributed by atoms with Crippen LogP contribution in [0, 0.1) is 0 Å². The topological polar surface area (TPSA) is 24.1 Å². The van der Waals surface area contributed by atoms with Crippen LogP contribution in [0.25, 0.3) is 0 Å². The van der Waals surface area contributed by atoms with Crippen LogP contribution < -0.4 is 10.6 Å². The van der Waals surface area contributed by atoms with Gasteiger partial charge in [-0.3, -0.25) is 0 Å². The molecule has 0 bridgehead atoms. The van der Waals surface area contributed by atoms with Crippen LogP contribution in [-0.4, -0.2) is 17.2 Å². The fourth-order valence-electron chi connectivity index (χ4n) is 1.46. The largest absolute Gasteiger partial charge is 0.360 e. The van der Waals surface area contributed by atoms with Crippen molar-refractivity contribution in [2.45, 2.75) is 38.3 Å². The molecule has 1 aliphatic rings. The van der Waals surface area contributed by atoms with E-state index in [0.29, 0.717) is 12.1 Å². The van der Waals surface area contributed by atoms with Gasteiger partial charge in [-0.1, -0.05) is 6.07 Å². The first-order valence-electron chi connectivity index (χ1n) is 5.33. The number of hydrogen-bond acceptors (Lipinski definition) is 2. The average Bonchev–Trinajstić information content (AvgIpc) is 2.80. The Morgan fingerprint density at radius 2 is 2.47 bits per heavy atom. The Hall–Kier alpha value is -0.610. The van der Waals surface area contributed by atoms with Gasteiger partial charge in [-0.15, -0.1) is 11.3 Å². The molecule has 1 unspecified atom stereocenters. The Kier molecular flexibility index (Phi) is 3.59. The summed E-state index contributed by atoms with van der Waals surface area (Å²) in [6.07, 6.45) is 3.58. The van der Waals surface area contributed by atoms with Crippen LogP contribution in [-0.2, 0) is 6.42 Å². The first kappa shape index (κ1) is 10.9. The number of nitrogens with one attached hydrogen (secondary N) is 2. The van der Waals surface area contributed by atoms with Crippen molar-refractivity contribution in [2.24, 2.45) is 0 Å². The minimum absolute atomic E-state index is 0.405. The van der Waals surface area contributed by atoms with Gasteiger partial charge in [0.25, 0.3) is 0 Å². The lowest BCUT2D eigenvalue weighted by molar-refractivity contribution is 0.653. The van der Waals surface area contributed by atoms with Gasteiger partial charge >= 0.3 is 0 Å². The highest BCUT2D eigenvalue weighted by Crippen LogP contribution is 2.18. The molecular formula is C11H16N2S2. The molecule has 0 saturated heterocycles. The summed E-state index contributed by atoms with van der Waals surface area (Å²) in [6, 6.07) is 5.30. The third-order valence-electron chi connectivity index (χ3n) is 2.38. The van der Waals surface area contributed by atoms with Gasteiger partial charge in [-0.05, 0) is 43.4 Å². The summed E-state index contributed by atoms with van der Waals surface area (Å²) >= 11 is 7.02. The van der Waals surface area contributed by atoms with E-state index in [1.807, 2.05) is 0 Å². The number of thiocarbonyl (C=S) groups is 1. The van der Waals surface area contributed by atoms with E-state index in [4.69, 9.17) is 12.2 Å². The van der Waals surface area contributed by atoms with Gasteiger partial charge in [0, 0.05) is 23.4 Å². The van der Waals surface area contributed by atoms with Crippen LogP contribution in [0.15, 0.2) is 17.5 Å². The van der Waals surface area contributed by atoms with Crippen molar-refractivity contribution in [2.75, 3.05) is 0 Å². The first-order chi connectivity index (χ1) is 7.24. The molecular weight excluding hydrogens is 224 g/mol. The summed E-state index contributed by atoms with van der Waals surface area (Å²) in [5.74, 6) is 0. The number of rotatable bonds is 4. The zero-order valence-electron chi connectivity index (χ0n) is 8.82. The summed E-state index contributed by atoms with van der Waals surface area (Å²) < 4.78 is 0. The molecule has 2 nitrogen and oxygen atoms in total. The average molecular weight is 240 g/mol. The highest BCUT2D eigenvalue weighted by atomic mass is 32.1. The van der Waals surface area contributed by atoms with E-state index in [9.17, 15) is 0 Å². The maximum absolute atomic E-state index is 5.22. The minimum atomic E-state index is 0.405. The van der Waals surface area contributed by atoms with E-state index in [2.05, 4.69) is 35.1 Å². The molecule has 1 saturated carbocycles. The third-order valence-corrected chi connectivity index (χ3v) is 3.51. The van der Waals surface area contributed by atoms with Crippen LogP contribution in [0.2, 0.25) is 0 Å². The monoisotopic (exact) mass is 240 g/mol. The summed E-state index contributed by atoms with van der Waals surface area (Å²) in [7, 11) is 0. The fraction of sp³-hybridized carbons (Fsp3) is 0.545. The molecule has 1 aliphatic carbocycles. The number of thiophene rings is 1. The summed E-state index contributed by atoms with van der Waals surface area (Å²) in [5, 5.41) is 9.53. The summed E-state index contributed by atoms with van der Waals surface area (Å²) in [5.41, 5.74) is 0. The molecule has 4 heteroatoms. The standard InChI is InChI=1S/C11H16N2S2/c1-8(7-10-3-2-6-15-10)12-11(14)13-9-4-5-9/h2-3,6,8-9H,4-5,7H2,1H3,(H2,12,13,14). The maximum Gasteiger partial charge on any atom is 0.166 e. The van der Waals surface area contributed by atoms with Crippen LogP contribution in [0.3, 0.4) is 0 Å². The van der Waals surface area contributed by atoms with Crippen LogP contribution in [0.1, 0.15) is 24.6 Å². The van der Waals surface area contributed by atoms with E-state index in [0.717, 1.165) is 11.5 Å². The van der Waals surface area contributed by atoms with Crippen molar-refractivity contribution < 1.29 is 0 Å². The van der Waals surface area contributed by atoms with E-state index >= 15 is 0 Å². The molecule has 1 atom stereocenters. The van der Waals surface area contributed by atoms with Crippen molar-refractivity contribution in [3.05, 3.63) is 22.4 Å². The molecule has 1 aromatic rings. The van der Waals surface area contributed by atoms with E-state index in [1.54, 1.807) is 11.3 Å². The minimum Gasteiger partial charge on any atom is -0.360 e. The van der Waals surface area contributed by atoms with Gasteiger partial charge in [0.05, 0.1) is 0 Å². The molecule has 82 valence electrons. The zero-order valence-corrected chi connectivity index (χ0v) is 10.5. The lowest BCUT2D eigenvalue weighted by atomic mass is 10.2. The Bertz CT molecular complexity index is 317. The highest BCUT2D eigenvalue weighted by Gasteiger charge is 2.22. The molecule has 0 aliphatic heterocycles. The van der Waals surface area contributed by atoms with Gasteiger partial charge in [-0.2, -0.15) is 0 Å². The Labute approximate surface area is 100 Å². The smallest absolute Gasteiger partial charge is 0.166 e. The molecule has 0 aromatic carbocycles. The Morgan fingerprint density at radius 3 is 3.07 bits per heavy atom. The third kappa shape index (κ3) is 3.80. The normalized spacial score (nSPS) is 17.1. The zero-order chi connectivity index (χ0) is 10.7. The van der Waals surface area contributed by atoms with E-state index in [-0.39, 0.29) is 0 Å². The maximum atomic E-state index is 5.22. The second-order valence-electron chi connectivity index (χ2n) is 4.08. The summed E-state index contributed by atoms with van der Waals surface area (Å²) in [6.45, 7) is 2.17. The van der Waals surface area contributed by atoms with Crippen molar-refractivity contribution in [3.63, 3.8) is 0 Å². The second kappa shape index (κ2) is 4.94. The predicted octanol–water partition coefficient (Wildman–Crippen LogP) is 2.31. The molecule has 0 radical (unpaired) electrons. The van der Waals surface area contributed by atoms with Gasteiger partial charge in [-0.25, -0.2) is 0 Å². The highest BCUT2D eigenvalue weighted by molar-refractivity contribution is 7.80. The molecule has 0 spiro atoms. The SMILES string of the molecule is CC(Cc1cccs1)NC(=S)NC1CC1. The lowest BCUT2D eigenvalue weighted by Gasteiger charge is -2.15. The molecule has 15 heavy (non-hydrogen) atoms. The Morgan fingerprint density at radius 1 is 1.67 bits per heavy atom. The Balaban J connectivity index is 1.71. The van der Waals surface area contributed by atoms with Crippen molar-refractivity contribution in [1.29, 1.82) is 0 Å². The predicted molar refractivity (Wildman–Crippen MR) is 69.4 cm³/mol. The van der Waals surface area contributed by atoms with Crippen LogP contribution in [0.4, 0.5) is 0 Å². The number of hydrogen-bond donors (Lipinski definition) is 2. The molecule has 2 rings (SSSR count). The van der Waals surface area contributed by atoms with Crippen LogP contribution >= 0.6 is 23.6 Å². The lowest BCUT2D eigenvalue weighted by Crippen LogP contribution is -2.42. The summed E-state index contributed by atoms with van der Waals surface area (Å²) in [4.78, 5) is 1.41. The quantitative estimate of drug-likeness (QED) is 0.790. The van der Waals surface area contributed by atoms with Gasteiger partial charge < -0.3 is 10.6 Å². The second-order valence-corrected chi connectivity index (χ2v) is 5.52. The van der Waals surface area contributed by atoms with E-state index in [1.165, 1.54) is 17.7 Å². The first-order valence-corrected chi connectivity index (χ1v) is 6.62. The molecule has 2 N–H and O–H groups in total. The van der Waals surface area contributed by atoms with Gasteiger partial charge in [0.1, 0.15) is 0 Å². The molecule has 1 aromatic heterocycles. The molecule has 1 fully saturated rings. The molecule has 0 amide bonds. The van der Waals surface area contributed by atoms with Crippen molar-refractivity contribution in [1.82, 2.24) is 10.6 Å². The molecule has 1 heterocycles. The van der Waals surface area contributed by atoms with Gasteiger partial charge in [0.2, 0.25) is 0 Å². The van der Waals surface area contributed by atoms with Crippen molar-refractivity contribution in [3.8, 4) is 0 Å². The van der Waals surface area contributed by atoms with E-state index < -0.39 is 0 Å². The van der Waals surface area contributed by atoms with Gasteiger partial charge in [0.15, 0.2) is 5.11 Å². The fourth-order valence-corrected chi connectivity index (χ4v) is 2.66.